The summed E-state index contributed by atoms with van der Waals surface area (Å²) in [6.45, 7) is 10.6. The van der Waals surface area contributed by atoms with E-state index in [1.54, 1.807) is 0 Å². The molecule has 0 saturated heterocycles. The first-order valence-electron chi connectivity index (χ1n) is 6.96. The normalized spacial score (nSPS) is 11.5. The zero-order chi connectivity index (χ0) is 14.9. The van der Waals surface area contributed by atoms with Crippen molar-refractivity contribution in [2.45, 2.75) is 40.0 Å². The number of hydrogen-bond donors (Lipinski definition) is 1. The van der Waals surface area contributed by atoms with Crippen molar-refractivity contribution < 1.29 is 0 Å². The van der Waals surface area contributed by atoms with E-state index in [-0.39, 0.29) is 5.41 Å². The Labute approximate surface area is 121 Å². The zero-order valence-corrected chi connectivity index (χ0v) is 13.2. The van der Waals surface area contributed by atoms with Crippen molar-refractivity contribution in [2.24, 2.45) is 0 Å². The predicted octanol–water partition coefficient (Wildman–Crippen LogP) is 4.10. The lowest BCUT2D eigenvalue weighted by atomic mass is 9.95. The van der Waals surface area contributed by atoms with Crippen LogP contribution in [0.5, 0.6) is 0 Å². The molecule has 1 aromatic heterocycles. The minimum absolute atomic E-state index is 0.0701. The second-order valence-corrected chi connectivity index (χ2v) is 6.28. The molecule has 106 valence electrons. The lowest BCUT2D eigenvalue weighted by Crippen LogP contribution is -2.17. The second kappa shape index (κ2) is 5.23. The van der Waals surface area contributed by atoms with Gasteiger partial charge in [0.2, 0.25) is 0 Å². The molecule has 0 bridgehead atoms. The van der Waals surface area contributed by atoms with Crippen LogP contribution in [0.15, 0.2) is 24.3 Å². The molecule has 0 atom stereocenters. The average molecular weight is 269 g/mol. The largest absolute Gasteiger partial charge is 0.373 e. The molecule has 0 spiro atoms. The molecule has 0 aliphatic carbocycles. The second-order valence-electron chi connectivity index (χ2n) is 6.28. The van der Waals surface area contributed by atoms with Crippen LogP contribution in [0.4, 0.5) is 5.82 Å². The number of aromatic nitrogens is 2. The molecule has 20 heavy (non-hydrogen) atoms. The maximum atomic E-state index is 4.77. The maximum absolute atomic E-state index is 4.77. The minimum Gasteiger partial charge on any atom is -0.373 e. The van der Waals surface area contributed by atoms with E-state index >= 15 is 0 Å². The Morgan fingerprint density at radius 1 is 1.00 bits per heavy atom. The van der Waals surface area contributed by atoms with E-state index in [4.69, 9.17) is 4.98 Å². The van der Waals surface area contributed by atoms with Crippen molar-refractivity contribution in [1.29, 1.82) is 0 Å². The van der Waals surface area contributed by atoms with Gasteiger partial charge >= 0.3 is 0 Å². The first-order chi connectivity index (χ1) is 9.31. The fourth-order valence-electron chi connectivity index (χ4n) is 2.06. The third-order valence-corrected chi connectivity index (χ3v) is 3.32. The fourth-order valence-corrected chi connectivity index (χ4v) is 2.06. The Kier molecular flexibility index (Phi) is 3.80. The van der Waals surface area contributed by atoms with Crippen LogP contribution < -0.4 is 5.32 Å². The smallest absolute Gasteiger partial charge is 0.136 e. The number of aryl methyl sites for hydroxylation is 2. The zero-order valence-electron chi connectivity index (χ0n) is 13.2. The lowest BCUT2D eigenvalue weighted by Gasteiger charge is -2.19. The molecule has 2 aromatic rings. The third-order valence-electron chi connectivity index (χ3n) is 3.32. The van der Waals surface area contributed by atoms with Gasteiger partial charge in [0.05, 0.1) is 5.69 Å². The molecule has 3 heteroatoms. The van der Waals surface area contributed by atoms with Gasteiger partial charge in [-0.3, -0.25) is 0 Å². The van der Waals surface area contributed by atoms with Crippen molar-refractivity contribution in [2.75, 3.05) is 12.4 Å². The van der Waals surface area contributed by atoms with Gasteiger partial charge in [-0.1, -0.05) is 38.5 Å². The topological polar surface area (TPSA) is 37.8 Å². The Morgan fingerprint density at radius 3 is 2.30 bits per heavy atom. The van der Waals surface area contributed by atoms with Crippen molar-refractivity contribution >= 4 is 5.82 Å². The average Bonchev–Trinajstić information content (AvgIpc) is 2.40. The van der Waals surface area contributed by atoms with Crippen LogP contribution >= 0.6 is 0 Å². The quantitative estimate of drug-likeness (QED) is 0.892. The van der Waals surface area contributed by atoms with E-state index in [1.807, 2.05) is 13.1 Å². The van der Waals surface area contributed by atoms with Crippen LogP contribution in [-0.4, -0.2) is 17.0 Å². The molecular weight excluding hydrogens is 246 g/mol. The summed E-state index contributed by atoms with van der Waals surface area (Å²) in [5, 5.41) is 3.13. The van der Waals surface area contributed by atoms with E-state index in [1.165, 1.54) is 16.7 Å². The summed E-state index contributed by atoms with van der Waals surface area (Å²) >= 11 is 0. The molecule has 1 N–H and O–H groups in total. The van der Waals surface area contributed by atoms with Gasteiger partial charge in [0, 0.05) is 24.1 Å². The maximum Gasteiger partial charge on any atom is 0.136 e. The molecule has 0 radical (unpaired) electrons. The van der Waals surface area contributed by atoms with Crippen molar-refractivity contribution in [1.82, 2.24) is 9.97 Å². The number of rotatable bonds is 2. The highest BCUT2D eigenvalue weighted by atomic mass is 15.0. The summed E-state index contributed by atoms with van der Waals surface area (Å²) < 4.78 is 0. The number of nitrogens with one attached hydrogen (secondary N) is 1. The number of anilines is 1. The molecule has 0 amide bonds. The predicted molar refractivity (Wildman–Crippen MR) is 85.2 cm³/mol. The third kappa shape index (κ3) is 2.98. The van der Waals surface area contributed by atoms with E-state index in [2.05, 4.69) is 63.1 Å². The SMILES string of the molecule is CNc1cc(-c2cc(C)ccc2C)nc(C(C)(C)C)n1. The number of nitrogens with zero attached hydrogens (tertiary/aromatic N) is 2. The summed E-state index contributed by atoms with van der Waals surface area (Å²) in [7, 11) is 1.89. The minimum atomic E-state index is -0.0701. The molecule has 0 aliphatic heterocycles. The van der Waals surface area contributed by atoms with Gasteiger partial charge in [0.1, 0.15) is 11.6 Å². The van der Waals surface area contributed by atoms with Crippen LogP contribution in [0.25, 0.3) is 11.3 Å². The van der Waals surface area contributed by atoms with Crippen LogP contribution in [0.2, 0.25) is 0 Å². The van der Waals surface area contributed by atoms with E-state index in [0.717, 1.165) is 17.3 Å². The number of benzene rings is 1. The Hall–Kier alpha value is -1.90. The van der Waals surface area contributed by atoms with Gasteiger partial charge in [-0.2, -0.15) is 0 Å². The monoisotopic (exact) mass is 269 g/mol. The highest BCUT2D eigenvalue weighted by molar-refractivity contribution is 5.67. The van der Waals surface area contributed by atoms with Crippen LogP contribution in [0, 0.1) is 13.8 Å². The Morgan fingerprint density at radius 2 is 1.70 bits per heavy atom. The fraction of sp³-hybridized carbons (Fsp3) is 0.412. The van der Waals surface area contributed by atoms with Crippen LogP contribution in [-0.2, 0) is 5.41 Å². The van der Waals surface area contributed by atoms with Gasteiger partial charge in [-0.25, -0.2) is 9.97 Å². The van der Waals surface area contributed by atoms with Gasteiger partial charge in [0.15, 0.2) is 0 Å². The summed E-state index contributed by atoms with van der Waals surface area (Å²) in [6.07, 6.45) is 0. The van der Waals surface area contributed by atoms with Crippen molar-refractivity contribution in [3.63, 3.8) is 0 Å². The molecule has 1 heterocycles. The van der Waals surface area contributed by atoms with E-state index in [9.17, 15) is 0 Å². The highest BCUT2D eigenvalue weighted by Gasteiger charge is 2.19. The highest BCUT2D eigenvalue weighted by Crippen LogP contribution is 2.28. The molecule has 0 unspecified atom stereocenters. The summed E-state index contributed by atoms with van der Waals surface area (Å²) in [5.74, 6) is 1.72. The van der Waals surface area contributed by atoms with Gasteiger partial charge in [-0.15, -0.1) is 0 Å². The van der Waals surface area contributed by atoms with Crippen LogP contribution in [0.1, 0.15) is 37.7 Å². The van der Waals surface area contributed by atoms with Gasteiger partial charge in [-0.05, 0) is 25.5 Å². The molecule has 0 saturated carbocycles. The van der Waals surface area contributed by atoms with E-state index in [0.29, 0.717) is 0 Å². The Bertz CT molecular complexity index is 625. The van der Waals surface area contributed by atoms with E-state index < -0.39 is 0 Å². The standard InChI is InChI=1S/C17H23N3/c1-11-7-8-12(2)13(9-11)14-10-15(18-6)20-16(19-14)17(3,4)5/h7-10H,1-6H3,(H,18,19,20). The van der Waals surface area contributed by atoms with Gasteiger partial charge < -0.3 is 5.32 Å². The summed E-state index contributed by atoms with van der Waals surface area (Å²) in [4.78, 5) is 9.35. The molecule has 2 rings (SSSR count). The number of hydrogen-bond acceptors (Lipinski definition) is 3. The van der Waals surface area contributed by atoms with Crippen molar-refractivity contribution in [3.05, 3.63) is 41.2 Å². The first kappa shape index (κ1) is 14.5. The molecule has 0 fully saturated rings. The van der Waals surface area contributed by atoms with Crippen LogP contribution in [0.3, 0.4) is 0 Å². The molecule has 0 aliphatic rings. The van der Waals surface area contributed by atoms with Crippen molar-refractivity contribution in [3.8, 4) is 11.3 Å². The Balaban J connectivity index is 2.64. The first-order valence-corrected chi connectivity index (χ1v) is 6.96. The molecule has 3 nitrogen and oxygen atoms in total. The lowest BCUT2D eigenvalue weighted by molar-refractivity contribution is 0.547. The summed E-state index contributed by atoms with van der Waals surface area (Å²) in [6, 6.07) is 8.47. The molecule has 1 aromatic carbocycles. The molecular formula is C17H23N3. The van der Waals surface area contributed by atoms with Gasteiger partial charge in [0.25, 0.3) is 0 Å². The summed E-state index contributed by atoms with van der Waals surface area (Å²) in [5.41, 5.74) is 4.56.